The molecule has 0 saturated heterocycles. The zero-order valence-electron chi connectivity index (χ0n) is 15.8. The van der Waals surface area contributed by atoms with Crippen molar-refractivity contribution in [1.82, 2.24) is 10.3 Å². The Morgan fingerprint density at radius 3 is 2.66 bits per heavy atom. The van der Waals surface area contributed by atoms with E-state index in [4.69, 9.17) is 0 Å². The molecule has 1 atom stereocenters. The smallest absolute Gasteiger partial charge is 0.284 e. The van der Waals surface area contributed by atoms with Gasteiger partial charge in [0, 0.05) is 22.7 Å². The highest BCUT2D eigenvalue weighted by Gasteiger charge is 2.25. The number of rotatable bonds is 7. The zero-order chi connectivity index (χ0) is 21.0. The molecular weight excluding hydrogens is 410 g/mol. The van der Waals surface area contributed by atoms with Crippen LogP contribution < -0.4 is 5.32 Å². The number of nitrogens with zero attached hydrogens (tertiary/aromatic N) is 2. The van der Waals surface area contributed by atoms with Gasteiger partial charge in [-0.1, -0.05) is 42.1 Å². The first kappa shape index (κ1) is 21.0. The number of aryl methyl sites for hydroxylation is 1. The lowest BCUT2D eigenvalue weighted by Crippen LogP contribution is -2.38. The van der Waals surface area contributed by atoms with Crippen molar-refractivity contribution in [3.05, 3.63) is 80.8 Å². The van der Waals surface area contributed by atoms with Crippen molar-refractivity contribution in [2.45, 2.75) is 28.7 Å². The molecular formula is C20H19N3O4S2. The Labute approximate surface area is 176 Å². The van der Waals surface area contributed by atoms with Crippen LogP contribution >= 0.6 is 23.1 Å². The molecule has 9 heteroatoms. The lowest BCUT2D eigenvalue weighted by atomic mass is 9.96. The number of hydrogen-bond acceptors (Lipinski definition) is 7. The predicted octanol–water partition coefficient (Wildman–Crippen LogP) is 4.15. The van der Waals surface area contributed by atoms with E-state index < -0.39 is 16.4 Å². The number of hydrogen-bond donors (Lipinski definition) is 2. The highest BCUT2D eigenvalue weighted by molar-refractivity contribution is 8.01. The summed E-state index contributed by atoms with van der Waals surface area (Å²) in [7, 11) is 0. The van der Waals surface area contributed by atoms with Crippen LogP contribution in [-0.2, 0) is 5.60 Å². The first-order valence-corrected chi connectivity index (χ1v) is 10.4. The predicted molar refractivity (Wildman–Crippen MR) is 112 cm³/mol. The second-order valence-corrected chi connectivity index (χ2v) is 8.77. The summed E-state index contributed by atoms with van der Waals surface area (Å²) in [6.07, 6.45) is 0. The zero-order valence-corrected chi connectivity index (χ0v) is 17.4. The molecule has 0 aliphatic rings. The number of carbonyl (C=O) groups is 1. The van der Waals surface area contributed by atoms with E-state index >= 15 is 0 Å². The first-order valence-electron chi connectivity index (χ1n) is 8.71. The summed E-state index contributed by atoms with van der Waals surface area (Å²) in [5, 5.41) is 26.6. The van der Waals surface area contributed by atoms with Gasteiger partial charge in [0.25, 0.3) is 11.6 Å². The number of aliphatic hydroxyl groups is 1. The molecule has 0 spiro atoms. The molecule has 3 aromatic rings. The minimum Gasteiger partial charge on any atom is -0.384 e. The Hall–Kier alpha value is -2.75. The van der Waals surface area contributed by atoms with Gasteiger partial charge in [-0.25, -0.2) is 4.98 Å². The summed E-state index contributed by atoms with van der Waals surface area (Å²) in [6.45, 7) is 3.42. The average molecular weight is 430 g/mol. The molecule has 29 heavy (non-hydrogen) atoms. The van der Waals surface area contributed by atoms with E-state index in [1.54, 1.807) is 37.3 Å². The molecule has 0 aliphatic heterocycles. The van der Waals surface area contributed by atoms with Crippen LogP contribution in [0.1, 0.15) is 28.5 Å². The van der Waals surface area contributed by atoms with Gasteiger partial charge < -0.3 is 10.4 Å². The molecule has 2 N–H and O–H groups in total. The third kappa shape index (κ3) is 5.20. The first-order chi connectivity index (χ1) is 13.8. The quantitative estimate of drug-likeness (QED) is 0.432. The van der Waals surface area contributed by atoms with Crippen LogP contribution in [0.2, 0.25) is 0 Å². The number of aromatic nitrogens is 1. The summed E-state index contributed by atoms with van der Waals surface area (Å²) < 4.78 is 0.696. The molecule has 0 fully saturated rings. The molecule has 0 bridgehead atoms. The lowest BCUT2D eigenvalue weighted by Gasteiger charge is -2.24. The van der Waals surface area contributed by atoms with Crippen LogP contribution in [0.4, 0.5) is 5.69 Å². The van der Waals surface area contributed by atoms with E-state index in [9.17, 15) is 20.0 Å². The van der Waals surface area contributed by atoms with Crippen molar-refractivity contribution in [2.75, 3.05) is 6.54 Å². The van der Waals surface area contributed by atoms with Gasteiger partial charge in [-0.3, -0.25) is 14.9 Å². The van der Waals surface area contributed by atoms with Crippen molar-refractivity contribution in [3.8, 4) is 0 Å². The summed E-state index contributed by atoms with van der Waals surface area (Å²) in [5.74, 6) is -0.494. The normalized spacial score (nSPS) is 12.9. The number of amides is 1. The number of nitro benzene ring substituents is 1. The van der Waals surface area contributed by atoms with Crippen molar-refractivity contribution >= 4 is 34.7 Å². The van der Waals surface area contributed by atoms with Gasteiger partial charge in [0.05, 0.1) is 16.4 Å². The summed E-state index contributed by atoms with van der Waals surface area (Å²) >= 11 is 2.60. The third-order valence-electron chi connectivity index (χ3n) is 4.20. The van der Waals surface area contributed by atoms with E-state index in [-0.39, 0.29) is 17.8 Å². The SMILES string of the molecule is Cc1csc(Sc2ccc(C(=O)NCC(C)(O)c3ccccc3)cc2[N+](=O)[O-])n1. The molecule has 0 aliphatic carbocycles. The Kier molecular flexibility index (Phi) is 6.31. The lowest BCUT2D eigenvalue weighted by molar-refractivity contribution is -0.387. The monoisotopic (exact) mass is 429 g/mol. The second-order valence-electron chi connectivity index (χ2n) is 6.62. The Bertz CT molecular complexity index is 1040. The number of nitro groups is 1. The molecule has 0 saturated carbocycles. The van der Waals surface area contributed by atoms with E-state index in [0.717, 1.165) is 5.69 Å². The fraction of sp³-hybridized carbons (Fsp3) is 0.200. The molecule has 1 amide bonds. The summed E-state index contributed by atoms with van der Waals surface area (Å²) in [6, 6.07) is 13.3. The number of benzene rings is 2. The maximum absolute atomic E-state index is 12.5. The highest BCUT2D eigenvalue weighted by atomic mass is 32.2. The van der Waals surface area contributed by atoms with Crippen molar-refractivity contribution in [2.24, 2.45) is 0 Å². The molecule has 150 valence electrons. The third-order valence-corrected chi connectivity index (χ3v) is 6.32. The highest BCUT2D eigenvalue weighted by Crippen LogP contribution is 2.36. The van der Waals surface area contributed by atoms with E-state index in [2.05, 4.69) is 10.3 Å². The van der Waals surface area contributed by atoms with Gasteiger partial charge in [0.15, 0.2) is 4.34 Å². The Balaban J connectivity index is 1.75. The average Bonchev–Trinajstić information content (AvgIpc) is 3.11. The van der Waals surface area contributed by atoms with Crippen LogP contribution in [0.3, 0.4) is 0 Å². The van der Waals surface area contributed by atoms with Gasteiger partial charge in [0.1, 0.15) is 5.60 Å². The minimum absolute atomic E-state index is 0.0292. The maximum atomic E-state index is 12.5. The van der Waals surface area contributed by atoms with Crippen molar-refractivity contribution in [1.29, 1.82) is 0 Å². The fourth-order valence-electron chi connectivity index (χ4n) is 2.61. The maximum Gasteiger partial charge on any atom is 0.284 e. The topological polar surface area (TPSA) is 105 Å². The largest absolute Gasteiger partial charge is 0.384 e. The van der Waals surface area contributed by atoms with Crippen LogP contribution in [0, 0.1) is 17.0 Å². The number of thiazole rings is 1. The second kappa shape index (κ2) is 8.73. The molecule has 1 aromatic heterocycles. The molecule has 0 radical (unpaired) electrons. The molecule has 1 heterocycles. The van der Waals surface area contributed by atoms with Crippen LogP contribution in [0.25, 0.3) is 0 Å². The molecule has 1 unspecified atom stereocenters. The summed E-state index contributed by atoms with van der Waals surface area (Å²) in [5.41, 5.74) is 0.241. The van der Waals surface area contributed by atoms with E-state index in [0.29, 0.717) is 14.8 Å². The minimum atomic E-state index is -1.26. The Morgan fingerprint density at radius 2 is 2.03 bits per heavy atom. The number of nitrogens with one attached hydrogen (secondary N) is 1. The van der Waals surface area contributed by atoms with Crippen LogP contribution in [-0.4, -0.2) is 27.5 Å². The van der Waals surface area contributed by atoms with Gasteiger partial charge in [-0.15, -0.1) is 11.3 Å². The standard InChI is InChI=1S/C20H19N3O4S2/c1-13-11-28-19(22-13)29-17-9-8-14(10-16(17)23(26)27)18(24)21-12-20(2,25)15-6-4-3-5-7-15/h3-11,25H,12H2,1-2H3,(H,21,24). The van der Waals surface area contributed by atoms with Crippen LogP contribution in [0.5, 0.6) is 0 Å². The summed E-state index contributed by atoms with van der Waals surface area (Å²) in [4.78, 5) is 28.2. The van der Waals surface area contributed by atoms with Crippen molar-refractivity contribution < 1.29 is 14.8 Å². The van der Waals surface area contributed by atoms with Crippen molar-refractivity contribution in [3.63, 3.8) is 0 Å². The van der Waals surface area contributed by atoms with Gasteiger partial charge in [-0.05, 0) is 31.5 Å². The molecule has 2 aromatic carbocycles. The Morgan fingerprint density at radius 1 is 1.31 bits per heavy atom. The fourth-order valence-corrected chi connectivity index (χ4v) is 4.49. The van der Waals surface area contributed by atoms with Gasteiger partial charge >= 0.3 is 0 Å². The molecule has 3 rings (SSSR count). The van der Waals surface area contributed by atoms with E-state index in [1.807, 2.05) is 18.4 Å². The number of carbonyl (C=O) groups excluding carboxylic acids is 1. The molecule has 7 nitrogen and oxygen atoms in total. The van der Waals surface area contributed by atoms with Crippen LogP contribution in [0.15, 0.2) is 63.1 Å². The van der Waals surface area contributed by atoms with E-state index in [1.165, 1.54) is 35.2 Å². The van der Waals surface area contributed by atoms with Gasteiger partial charge in [0.2, 0.25) is 0 Å². The van der Waals surface area contributed by atoms with Gasteiger partial charge in [-0.2, -0.15) is 0 Å².